The predicted molar refractivity (Wildman–Crippen MR) is 182 cm³/mol. The summed E-state index contributed by atoms with van der Waals surface area (Å²) in [6, 6.07) is 0. The number of rotatable bonds is 41. The molecule has 1 saturated heterocycles. The van der Waals surface area contributed by atoms with Gasteiger partial charge >= 0.3 is 5.97 Å². The van der Waals surface area contributed by atoms with Gasteiger partial charge in [-0.05, 0) is 25.9 Å². The number of carbonyl (C=O) groups is 2. The second-order valence-electron chi connectivity index (χ2n) is 10.8. The number of hydrogen-bond acceptors (Lipinski definition) is 16. The molecule has 3 N–H and O–H groups in total. The molecule has 0 bridgehead atoms. The highest BCUT2D eigenvalue weighted by Gasteiger charge is 2.12. The van der Waals surface area contributed by atoms with Gasteiger partial charge in [-0.25, -0.2) is 4.79 Å². The lowest BCUT2D eigenvalue weighted by molar-refractivity contribution is -0.143. The normalized spacial score (nSPS) is 13.6. The van der Waals surface area contributed by atoms with Crippen molar-refractivity contribution in [1.82, 2.24) is 10.6 Å². The van der Waals surface area contributed by atoms with E-state index in [0.717, 1.165) is 25.9 Å². The molecule has 302 valence electrons. The second-order valence-corrected chi connectivity index (χ2v) is 10.8. The minimum atomic E-state index is -1.12. The zero-order chi connectivity index (χ0) is 36.6. The average Bonchev–Trinajstić information content (AvgIpc) is 3.13. The second kappa shape index (κ2) is 39.6. The number of ether oxygens (including phenoxy) is 13. The Morgan fingerprint density at radius 1 is 0.451 bits per heavy atom. The Labute approximate surface area is 302 Å². The van der Waals surface area contributed by atoms with Crippen LogP contribution in [0.5, 0.6) is 0 Å². The lowest BCUT2D eigenvalue weighted by atomic mass is 10.1. The van der Waals surface area contributed by atoms with E-state index in [1.807, 2.05) is 0 Å². The number of carboxylic acids is 1. The van der Waals surface area contributed by atoms with E-state index < -0.39 is 18.5 Å². The average molecular weight is 745 g/mol. The maximum Gasteiger partial charge on any atom is 0.329 e. The third-order valence-electron chi connectivity index (χ3n) is 6.61. The molecule has 18 nitrogen and oxygen atoms in total. The van der Waals surface area contributed by atoms with Crippen LogP contribution in [-0.2, 0) is 71.2 Å². The van der Waals surface area contributed by atoms with Crippen molar-refractivity contribution in [3.8, 4) is 0 Å². The maximum atomic E-state index is 11.4. The van der Waals surface area contributed by atoms with Crippen molar-refractivity contribution in [3.05, 3.63) is 0 Å². The van der Waals surface area contributed by atoms with Gasteiger partial charge < -0.3 is 77.3 Å². The standard InChI is InChI=1S/C33H64N2O16/c36-32(29-50-30-33(37)38)35-5-6-39-7-8-40-9-10-41-11-12-42-13-14-43-15-16-44-17-18-45-19-20-46-21-22-47-23-24-48-25-26-49-27-28-51-31-1-3-34-4-2-31/h31,34H,1-30H2,(H,35,36)(H,37,38). The van der Waals surface area contributed by atoms with Gasteiger partial charge in [0.05, 0.1) is 158 Å². The zero-order valence-corrected chi connectivity index (χ0v) is 30.4. The number of piperidine rings is 1. The van der Waals surface area contributed by atoms with Crippen molar-refractivity contribution >= 4 is 11.9 Å². The quantitative estimate of drug-likeness (QED) is 0.0654. The first-order valence-corrected chi connectivity index (χ1v) is 17.9. The lowest BCUT2D eigenvalue weighted by Crippen LogP contribution is -2.33. The van der Waals surface area contributed by atoms with Gasteiger partial charge in [0.15, 0.2) is 0 Å². The van der Waals surface area contributed by atoms with Crippen LogP contribution < -0.4 is 10.6 Å². The van der Waals surface area contributed by atoms with E-state index >= 15 is 0 Å². The van der Waals surface area contributed by atoms with Crippen molar-refractivity contribution < 1.29 is 76.3 Å². The molecule has 0 radical (unpaired) electrons. The summed E-state index contributed by atoms with van der Waals surface area (Å²) < 4.78 is 70.5. The topological polar surface area (TPSA) is 198 Å². The fourth-order valence-electron chi connectivity index (χ4n) is 4.08. The Bertz CT molecular complexity index is 752. The largest absolute Gasteiger partial charge is 0.480 e. The number of amides is 1. The van der Waals surface area contributed by atoms with Crippen molar-refractivity contribution in [1.29, 1.82) is 0 Å². The highest BCUT2D eigenvalue weighted by molar-refractivity contribution is 5.77. The molecular weight excluding hydrogens is 680 g/mol. The third-order valence-corrected chi connectivity index (χ3v) is 6.61. The van der Waals surface area contributed by atoms with Crippen molar-refractivity contribution in [2.45, 2.75) is 18.9 Å². The van der Waals surface area contributed by atoms with Crippen LogP contribution in [0.1, 0.15) is 12.8 Å². The highest BCUT2D eigenvalue weighted by atomic mass is 16.6. The Balaban J connectivity index is 1.61. The van der Waals surface area contributed by atoms with Crippen LogP contribution >= 0.6 is 0 Å². The first kappa shape index (κ1) is 47.4. The molecule has 1 fully saturated rings. The summed E-state index contributed by atoms with van der Waals surface area (Å²) >= 11 is 0. The summed E-state index contributed by atoms with van der Waals surface area (Å²) in [5, 5.41) is 14.3. The van der Waals surface area contributed by atoms with Crippen LogP contribution in [0, 0.1) is 0 Å². The Morgan fingerprint density at radius 3 is 1.10 bits per heavy atom. The van der Waals surface area contributed by atoms with E-state index in [4.69, 9.17) is 61.9 Å². The van der Waals surface area contributed by atoms with Crippen LogP contribution in [0.15, 0.2) is 0 Å². The zero-order valence-electron chi connectivity index (χ0n) is 30.4. The molecule has 0 spiro atoms. The van der Waals surface area contributed by atoms with Crippen LogP contribution in [0.4, 0.5) is 0 Å². The summed E-state index contributed by atoms with van der Waals surface area (Å²) in [7, 11) is 0. The van der Waals surface area contributed by atoms with Crippen molar-refractivity contribution in [2.24, 2.45) is 0 Å². The Hall–Kier alpha value is -1.62. The Kier molecular flexibility index (Phi) is 36.8. The number of carbonyl (C=O) groups excluding carboxylic acids is 1. The number of nitrogens with one attached hydrogen (secondary N) is 2. The highest BCUT2D eigenvalue weighted by Crippen LogP contribution is 2.06. The van der Waals surface area contributed by atoms with Crippen LogP contribution in [0.2, 0.25) is 0 Å². The first-order chi connectivity index (χ1) is 25.2. The predicted octanol–water partition coefficient (Wildman–Crippen LogP) is -0.845. The van der Waals surface area contributed by atoms with Gasteiger partial charge in [0, 0.05) is 6.54 Å². The molecule has 0 atom stereocenters. The summed E-state index contributed by atoms with van der Waals surface area (Å²) in [5.74, 6) is -1.52. The summed E-state index contributed by atoms with van der Waals surface area (Å²) in [5.41, 5.74) is 0. The molecule has 18 heteroatoms. The van der Waals surface area contributed by atoms with E-state index in [1.165, 1.54) is 0 Å². The molecule has 0 aromatic rings. The molecular formula is C33H64N2O16. The lowest BCUT2D eigenvalue weighted by Gasteiger charge is -2.22. The van der Waals surface area contributed by atoms with E-state index in [2.05, 4.69) is 15.4 Å². The van der Waals surface area contributed by atoms with Gasteiger partial charge in [-0.1, -0.05) is 0 Å². The van der Waals surface area contributed by atoms with Crippen molar-refractivity contribution in [2.75, 3.05) is 185 Å². The molecule has 0 aromatic heterocycles. The molecule has 0 unspecified atom stereocenters. The van der Waals surface area contributed by atoms with Crippen molar-refractivity contribution in [3.63, 3.8) is 0 Å². The fourth-order valence-corrected chi connectivity index (χ4v) is 4.08. The van der Waals surface area contributed by atoms with Crippen LogP contribution in [0.25, 0.3) is 0 Å². The van der Waals surface area contributed by atoms with E-state index in [-0.39, 0.29) is 6.61 Å². The number of carboxylic acid groups (broad SMARTS) is 1. The molecule has 0 aromatic carbocycles. The smallest absolute Gasteiger partial charge is 0.329 e. The number of aliphatic carboxylic acids is 1. The van der Waals surface area contributed by atoms with Gasteiger partial charge in [-0.15, -0.1) is 0 Å². The molecule has 1 heterocycles. The van der Waals surface area contributed by atoms with Gasteiger partial charge in [-0.2, -0.15) is 0 Å². The number of hydrogen-bond donors (Lipinski definition) is 3. The summed E-state index contributed by atoms with van der Waals surface area (Å²) in [6.45, 7) is 12.7. The molecule has 1 rings (SSSR count). The molecule has 0 saturated carbocycles. The summed E-state index contributed by atoms with van der Waals surface area (Å²) in [4.78, 5) is 21.7. The van der Waals surface area contributed by atoms with Crippen LogP contribution in [0.3, 0.4) is 0 Å². The van der Waals surface area contributed by atoms with Crippen LogP contribution in [-0.4, -0.2) is 208 Å². The molecule has 51 heavy (non-hydrogen) atoms. The fraction of sp³-hybridized carbons (Fsp3) is 0.939. The molecule has 1 amide bonds. The SMILES string of the molecule is O=C(O)COCC(=O)NCCOCCOCCOCCOCCOCCOCCOCCOCCOCCOCCOCCOC1CCNCC1. The third kappa shape index (κ3) is 37.9. The van der Waals surface area contributed by atoms with Gasteiger partial charge in [-0.3, -0.25) is 4.79 Å². The Morgan fingerprint density at radius 2 is 0.765 bits per heavy atom. The van der Waals surface area contributed by atoms with E-state index in [0.29, 0.717) is 165 Å². The van der Waals surface area contributed by atoms with Gasteiger partial charge in [0.25, 0.3) is 0 Å². The van der Waals surface area contributed by atoms with Gasteiger partial charge in [0.2, 0.25) is 5.91 Å². The molecule has 0 aliphatic carbocycles. The monoisotopic (exact) mass is 744 g/mol. The first-order valence-electron chi connectivity index (χ1n) is 17.9. The molecule has 1 aliphatic heterocycles. The minimum absolute atomic E-state index is 0.300. The van der Waals surface area contributed by atoms with E-state index in [1.54, 1.807) is 0 Å². The van der Waals surface area contributed by atoms with E-state index in [9.17, 15) is 9.59 Å². The molecule has 1 aliphatic rings. The minimum Gasteiger partial charge on any atom is -0.480 e. The maximum absolute atomic E-state index is 11.4. The van der Waals surface area contributed by atoms with Gasteiger partial charge in [0.1, 0.15) is 13.2 Å². The summed E-state index contributed by atoms with van der Waals surface area (Å²) in [6.07, 6.45) is 2.51.